The number of anilines is 1. The molecule has 2 N–H and O–H groups in total. The van der Waals surface area contributed by atoms with E-state index in [1.54, 1.807) is 26.8 Å². The highest BCUT2D eigenvalue weighted by molar-refractivity contribution is 7.98. The first-order chi connectivity index (χ1) is 9.31. The van der Waals surface area contributed by atoms with Gasteiger partial charge in [0.2, 0.25) is 15.9 Å². The highest BCUT2D eigenvalue weighted by atomic mass is 32.2. The molecule has 0 aliphatic heterocycles. The Morgan fingerprint density at radius 3 is 2.50 bits per heavy atom. The van der Waals surface area contributed by atoms with E-state index in [4.69, 9.17) is 0 Å². The Morgan fingerprint density at radius 1 is 1.35 bits per heavy atom. The SMILES string of the molecule is CCNS(=O)(=O)c1ccc(SC)c(NC(=O)C(C)C)c1. The van der Waals surface area contributed by atoms with Crippen molar-refractivity contribution in [1.29, 1.82) is 0 Å². The van der Waals surface area contributed by atoms with Crippen LogP contribution in [0.1, 0.15) is 20.8 Å². The van der Waals surface area contributed by atoms with Crippen molar-refractivity contribution in [3.05, 3.63) is 18.2 Å². The molecule has 0 radical (unpaired) electrons. The molecule has 1 aromatic carbocycles. The highest BCUT2D eigenvalue weighted by Gasteiger charge is 2.16. The third-order valence-corrected chi connectivity index (χ3v) is 4.94. The molecule has 0 saturated heterocycles. The number of hydrogen-bond donors (Lipinski definition) is 2. The van der Waals surface area contributed by atoms with E-state index in [1.807, 2.05) is 6.26 Å². The van der Waals surface area contributed by atoms with Gasteiger partial charge < -0.3 is 5.32 Å². The molecule has 20 heavy (non-hydrogen) atoms. The Labute approximate surface area is 124 Å². The number of thioether (sulfide) groups is 1. The molecule has 5 nitrogen and oxygen atoms in total. The number of hydrogen-bond acceptors (Lipinski definition) is 4. The van der Waals surface area contributed by atoms with E-state index in [0.717, 1.165) is 4.90 Å². The predicted octanol–water partition coefficient (Wildman–Crippen LogP) is 2.30. The molecule has 0 aliphatic rings. The quantitative estimate of drug-likeness (QED) is 0.790. The summed E-state index contributed by atoms with van der Waals surface area (Å²) in [7, 11) is -3.52. The van der Waals surface area contributed by atoms with Crippen LogP contribution in [0.4, 0.5) is 5.69 Å². The van der Waals surface area contributed by atoms with E-state index < -0.39 is 10.0 Å². The number of carbonyl (C=O) groups excluding carboxylic acids is 1. The number of amides is 1. The van der Waals surface area contributed by atoms with Gasteiger partial charge in [-0.15, -0.1) is 11.8 Å². The molecular formula is C13H20N2O3S2. The first kappa shape index (κ1) is 17.0. The number of sulfonamides is 1. The molecule has 0 unspecified atom stereocenters. The van der Waals surface area contributed by atoms with Crippen molar-refractivity contribution in [2.75, 3.05) is 18.1 Å². The van der Waals surface area contributed by atoms with E-state index in [9.17, 15) is 13.2 Å². The molecule has 1 rings (SSSR count). The summed E-state index contributed by atoms with van der Waals surface area (Å²) < 4.78 is 26.4. The van der Waals surface area contributed by atoms with Gasteiger partial charge in [0, 0.05) is 17.4 Å². The lowest BCUT2D eigenvalue weighted by molar-refractivity contribution is -0.118. The predicted molar refractivity (Wildman–Crippen MR) is 82.6 cm³/mol. The minimum Gasteiger partial charge on any atom is -0.325 e. The topological polar surface area (TPSA) is 75.3 Å². The van der Waals surface area contributed by atoms with Gasteiger partial charge in [-0.2, -0.15) is 0 Å². The van der Waals surface area contributed by atoms with Crippen molar-refractivity contribution in [2.45, 2.75) is 30.6 Å². The zero-order valence-electron chi connectivity index (χ0n) is 12.1. The van der Waals surface area contributed by atoms with Gasteiger partial charge in [-0.1, -0.05) is 20.8 Å². The Morgan fingerprint density at radius 2 is 2.00 bits per heavy atom. The van der Waals surface area contributed by atoms with Gasteiger partial charge in [-0.25, -0.2) is 13.1 Å². The third kappa shape index (κ3) is 4.22. The highest BCUT2D eigenvalue weighted by Crippen LogP contribution is 2.28. The Hall–Kier alpha value is -1.05. The van der Waals surface area contributed by atoms with Crippen LogP contribution in [-0.2, 0) is 14.8 Å². The second-order valence-electron chi connectivity index (χ2n) is 4.51. The number of rotatable bonds is 6. The molecule has 0 bridgehead atoms. The number of benzene rings is 1. The van der Waals surface area contributed by atoms with Crippen LogP contribution in [0.5, 0.6) is 0 Å². The molecular weight excluding hydrogens is 296 g/mol. The molecule has 0 aliphatic carbocycles. The van der Waals surface area contributed by atoms with Crippen molar-refractivity contribution >= 4 is 33.4 Å². The van der Waals surface area contributed by atoms with Crippen molar-refractivity contribution in [2.24, 2.45) is 5.92 Å². The smallest absolute Gasteiger partial charge is 0.240 e. The first-order valence-corrected chi connectivity index (χ1v) is 9.01. The summed E-state index contributed by atoms with van der Waals surface area (Å²) in [6.07, 6.45) is 1.87. The Balaban J connectivity index is 3.18. The standard InChI is InChI=1S/C13H20N2O3S2/c1-5-14-20(17,18)10-6-7-12(19-4)11(8-10)15-13(16)9(2)3/h6-9,14H,5H2,1-4H3,(H,15,16). The molecule has 0 saturated carbocycles. The summed E-state index contributed by atoms with van der Waals surface area (Å²) in [5.41, 5.74) is 0.523. The van der Waals surface area contributed by atoms with Crippen LogP contribution in [-0.4, -0.2) is 27.1 Å². The van der Waals surface area contributed by atoms with E-state index in [2.05, 4.69) is 10.0 Å². The lowest BCUT2D eigenvalue weighted by Gasteiger charge is -2.13. The second-order valence-corrected chi connectivity index (χ2v) is 7.12. The summed E-state index contributed by atoms with van der Waals surface area (Å²) >= 11 is 1.45. The van der Waals surface area contributed by atoms with Gasteiger partial charge in [-0.05, 0) is 24.5 Å². The van der Waals surface area contributed by atoms with Gasteiger partial charge in [0.05, 0.1) is 10.6 Å². The van der Waals surface area contributed by atoms with Crippen molar-refractivity contribution in [3.8, 4) is 0 Å². The van der Waals surface area contributed by atoms with Crippen molar-refractivity contribution in [1.82, 2.24) is 4.72 Å². The monoisotopic (exact) mass is 316 g/mol. The molecule has 1 aromatic rings. The summed E-state index contributed by atoms with van der Waals surface area (Å²) in [6.45, 7) is 5.61. The zero-order chi connectivity index (χ0) is 15.3. The van der Waals surface area contributed by atoms with Crippen LogP contribution in [0.2, 0.25) is 0 Å². The fourth-order valence-corrected chi connectivity index (χ4v) is 3.10. The summed E-state index contributed by atoms with van der Waals surface area (Å²) in [4.78, 5) is 12.8. The molecule has 0 spiro atoms. The maximum absolute atomic E-state index is 12.0. The van der Waals surface area contributed by atoms with Crippen LogP contribution in [0.15, 0.2) is 28.0 Å². The van der Waals surface area contributed by atoms with Crippen LogP contribution in [0, 0.1) is 5.92 Å². The Bertz CT molecular complexity index is 583. The fraction of sp³-hybridized carbons (Fsp3) is 0.462. The van der Waals surface area contributed by atoms with E-state index in [0.29, 0.717) is 12.2 Å². The van der Waals surface area contributed by atoms with Crippen molar-refractivity contribution < 1.29 is 13.2 Å². The number of nitrogens with one attached hydrogen (secondary N) is 2. The maximum atomic E-state index is 12.0. The lowest BCUT2D eigenvalue weighted by atomic mass is 10.2. The average Bonchev–Trinajstić information content (AvgIpc) is 2.38. The third-order valence-electron chi connectivity index (χ3n) is 2.60. The molecule has 0 aromatic heterocycles. The summed E-state index contributed by atoms with van der Waals surface area (Å²) in [5.74, 6) is -0.308. The molecule has 1 amide bonds. The summed E-state index contributed by atoms with van der Waals surface area (Å²) in [5, 5.41) is 2.76. The fourth-order valence-electron chi connectivity index (χ4n) is 1.50. The largest absolute Gasteiger partial charge is 0.325 e. The number of carbonyl (C=O) groups is 1. The van der Waals surface area contributed by atoms with Gasteiger partial charge in [0.1, 0.15) is 0 Å². The van der Waals surface area contributed by atoms with Crippen molar-refractivity contribution in [3.63, 3.8) is 0 Å². The van der Waals surface area contributed by atoms with E-state index in [-0.39, 0.29) is 16.7 Å². The molecule has 7 heteroatoms. The zero-order valence-corrected chi connectivity index (χ0v) is 13.7. The van der Waals surface area contributed by atoms with Crippen LogP contribution in [0.25, 0.3) is 0 Å². The van der Waals surface area contributed by atoms with Gasteiger partial charge in [0.15, 0.2) is 0 Å². The van der Waals surface area contributed by atoms with Gasteiger partial charge in [-0.3, -0.25) is 4.79 Å². The van der Waals surface area contributed by atoms with Crippen LogP contribution in [0.3, 0.4) is 0 Å². The Kier molecular flexibility index (Phi) is 6.04. The minimum absolute atomic E-state index is 0.140. The minimum atomic E-state index is -3.52. The van der Waals surface area contributed by atoms with Crippen LogP contribution < -0.4 is 10.0 Å². The van der Waals surface area contributed by atoms with E-state index in [1.165, 1.54) is 23.9 Å². The second kappa shape index (κ2) is 7.10. The van der Waals surface area contributed by atoms with E-state index >= 15 is 0 Å². The molecule has 112 valence electrons. The van der Waals surface area contributed by atoms with Crippen LogP contribution >= 0.6 is 11.8 Å². The lowest BCUT2D eigenvalue weighted by Crippen LogP contribution is -2.23. The molecule has 0 heterocycles. The molecule has 0 fully saturated rings. The average molecular weight is 316 g/mol. The normalized spacial score (nSPS) is 11.7. The van der Waals surface area contributed by atoms with Gasteiger partial charge >= 0.3 is 0 Å². The first-order valence-electron chi connectivity index (χ1n) is 6.30. The molecule has 0 atom stereocenters. The van der Waals surface area contributed by atoms with Gasteiger partial charge in [0.25, 0.3) is 0 Å². The summed E-state index contributed by atoms with van der Waals surface area (Å²) in [6, 6.07) is 4.73. The maximum Gasteiger partial charge on any atom is 0.240 e.